The summed E-state index contributed by atoms with van der Waals surface area (Å²) >= 11 is 0. The third kappa shape index (κ3) is 5.70. The molecule has 18 heavy (non-hydrogen) atoms. The molecule has 0 fully saturated rings. The molecule has 5 heteroatoms. The Balaban J connectivity index is 2.48. The van der Waals surface area contributed by atoms with Gasteiger partial charge in [-0.25, -0.2) is 0 Å². The molecule has 1 aromatic heterocycles. The number of ketones is 1. The number of aromatic nitrogens is 1. The molecule has 0 saturated heterocycles. The summed E-state index contributed by atoms with van der Waals surface area (Å²) in [6.07, 6.45) is 4.99. The Bertz CT molecular complexity index is 383. The van der Waals surface area contributed by atoms with Crippen LogP contribution < -0.4 is 4.74 Å². The molecule has 1 heterocycles. The van der Waals surface area contributed by atoms with E-state index in [1.807, 2.05) is 0 Å². The SMILES string of the molecule is CCCCCC(=O)Cc1cc(OC(F)F)ccn1. The standard InChI is InChI=1S/C13H17F2NO2/c1-2-3-4-5-11(17)8-10-9-12(6-7-16-10)18-13(14)15/h6-7,9,13H,2-5,8H2,1H3. The molecule has 1 rings (SSSR count). The second-order valence-electron chi connectivity index (χ2n) is 4.03. The topological polar surface area (TPSA) is 39.2 Å². The predicted octanol–water partition coefficient (Wildman–Crippen LogP) is 3.37. The molecule has 0 bridgehead atoms. The average molecular weight is 257 g/mol. The van der Waals surface area contributed by atoms with Gasteiger partial charge in [0.15, 0.2) is 0 Å². The minimum atomic E-state index is -2.86. The predicted molar refractivity (Wildman–Crippen MR) is 63.7 cm³/mol. The minimum Gasteiger partial charge on any atom is -0.435 e. The van der Waals surface area contributed by atoms with Crippen molar-refractivity contribution in [3.8, 4) is 5.75 Å². The van der Waals surface area contributed by atoms with Crippen molar-refractivity contribution in [3.05, 3.63) is 24.0 Å². The number of carbonyl (C=O) groups is 1. The Hall–Kier alpha value is -1.52. The van der Waals surface area contributed by atoms with Crippen LogP contribution in [-0.2, 0) is 11.2 Å². The minimum absolute atomic E-state index is 0.0383. The van der Waals surface area contributed by atoms with Gasteiger partial charge in [-0.2, -0.15) is 8.78 Å². The summed E-state index contributed by atoms with van der Waals surface area (Å²) in [5.74, 6) is 0.113. The van der Waals surface area contributed by atoms with E-state index in [4.69, 9.17) is 0 Å². The van der Waals surface area contributed by atoms with Gasteiger partial charge in [-0.3, -0.25) is 9.78 Å². The number of rotatable bonds is 8. The highest BCUT2D eigenvalue weighted by Crippen LogP contribution is 2.15. The Kier molecular flexibility index (Phi) is 6.25. The van der Waals surface area contributed by atoms with E-state index in [1.165, 1.54) is 18.3 Å². The first-order chi connectivity index (χ1) is 8.61. The summed E-state index contributed by atoms with van der Waals surface area (Å²) in [4.78, 5) is 15.6. The Morgan fingerprint density at radius 1 is 1.44 bits per heavy atom. The molecular weight excluding hydrogens is 240 g/mol. The van der Waals surface area contributed by atoms with E-state index < -0.39 is 6.61 Å². The number of unbranched alkanes of at least 4 members (excludes halogenated alkanes) is 2. The molecule has 1 aromatic rings. The van der Waals surface area contributed by atoms with E-state index in [-0.39, 0.29) is 18.0 Å². The molecule has 0 aromatic carbocycles. The molecule has 0 N–H and O–H groups in total. The number of halogens is 2. The number of hydrogen-bond donors (Lipinski definition) is 0. The van der Waals surface area contributed by atoms with Crippen LogP contribution in [0.5, 0.6) is 5.75 Å². The zero-order chi connectivity index (χ0) is 13.4. The van der Waals surface area contributed by atoms with Crippen molar-refractivity contribution in [2.45, 2.75) is 45.6 Å². The first-order valence-corrected chi connectivity index (χ1v) is 6.03. The van der Waals surface area contributed by atoms with Crippen LogP contribution in [0.4, 0.5) is 8.78 Å². The largest absolute Gasteiger partial charge is 0.435 e. The molecule has 0 spiro atoms. The molecule has 0 aliphatic heterocycles. The normalized spacial score (nSPS) is 10.7. The number of alkyl halides is 2. The van der Waals surface area contributed by atoms with Gasteiger partial charge in [0, 0.05) is 25.1 Å². The summed E-state index contributed by atoms with van der Waals surface area (Å²) < 4.78 is 28.3. The fourth-order valence-electron chi connectivity index (χ4n) is 1.59. The first kappa shape index (κ1) is 14.5. The smallest absolute Gasteiger partial charge is 0.387 e. The average Bonchev–Trinajstić information content (AvgIpc) is 2.28. The van der Waals surface area contributed by atoms with E-state index in [1.54, 1.807) is 0 Å². The van der Waals surface area contributed by atoms with Gasteiger partial charge in [-0.15, -0.1) is 0 Å². The zero-order valence-electron chi connectivity index (χ0n) is 10.4. The number of hydrogen-bond acceptors (Lipinski definition) is 3. The lowest BCUT2D eigenvalue weighted by Gasteiger charge is -2.05. The number of pyridine rings is 1. The maximum Gasteiger partial charge on any atom is 0.387 e. The third-order valence-corrected chi connectivity index (χ3v) is 2.45. The molecule has 0 aliphatic rings. The Morgan fingerprint density at radius 2 is 2.22 bits per heavy atom. The van der Waals surface area contributed by atoms with E-state index in [9.17, 15) is 13.6 Å². The molecule has 100 valence electrons. The second-order valence-corrected chi connectivity index (χ2v) is 4.03. The van der Waals surface area contributed by atoms with Crippen LogP contribution in [0.1, 0.15) is 38.3 Å². The fourth-order valence-corrected chi connectivity index (χ4v) is 1.59. The quantitative estimate of drug-likeness (QED) is 0.670. The van der Waals surface area contributed by atoms with Crippen LogP contribution in [0, 0.1) is 0 Å². The molecule has 0 radical (unpaired) electrons. The van der Waals surface area contributed by atoms with Gasteiger partial charge in [0.05, 0.1) is 5.69 Å². The van der Waals surface area contributed by atoms with Crippen LogP contribution in [0.2, 0.25) is 0 Å². The lowest BCUT2D eigenvalue weighted by Crippen LogP contribution is -2.06. The third-order valence-electron chi connectivity index (χ3n) is 2.45. The van der Waals surface area contributed by atoms with Gasteiger partial charge < -0.3 is 4.74 Å². The maximum absolute atomic E-state index is 12.0. The highest BCUT2D eigenvalue weighted by atomic mass is 19.3. The Morgan fingerprint density at radius 3 is 2.89 bits per heavy atom. The van der Waals surface area contributed by atoms with Crippen LogP contribution in [0.15, 0.2) is 18.3 Å². The van der Waals surface area contributed by atoms with Gasteiger partial charge in [0.2, 0.25) is 0 Å². The van der Waals surface area contributed by atoms with E-state index in [0.717, 1.165) is 19.3 Å². The molecular formula is C13H17F2NO2. The summed E-state index contributed by atoms with van der Waals surface area (Å²) in [6.45, 7) is -0.794. The second kappa shape index (κ2) is 7.74. The molecule has 0 atom stereocenters. The van der Waals surface area contributed by atoms with Crippen molar-refractivity contribution in [1.29, 1.82) is 0 Å². The van der Waals surface area contributed by atoms with Crippen molar-refractivity contribution in [2.75, 3.05) is 0 Å². The summed E-state index contributed by atoms with van der Waals surface area (Å²) in [5.41, 5.74) is 0.467. The first-order valence-electron chi connectivity index (χ1n) is 6.03. The number of nitrogens with zero attached hydrogens (tertiary/aromatic N) is 1. The highest BCUT2D eigenvalue weighted by molar-refractivity contribution is 5.80. The fraction of sp³-hybridized carbons (Fsp3) is 0.538. The monoisotopic (exact) mass is 257 g/mol. The Labute approximate surface area is 105 Å². The van der Waals surface area contributed by atoms with Crippen LogP contribution in [0.3, 0.4) is 0 Å². The van der Waals surface area contributed by atoms with E-state index >= 15 is 0 Å². The number of ether oxygens (including phenoxy) is 1. The summed E-state index contributed by atoms with van der Waals surface area (Å²) in [5, 5.41) is 0. The van der Waals surface area contributed by atoms with Gasteiger partial charge in [0.25, 0.3) is 0 Å². The van der Waals surface area contributed by atoms with E-state index in [0.29, 0.717) is 12.1 Å². The van der Waals surface area contributed by atoms with Gasteiger partial charge in [-0.1, -0.05) is 19.8 Å². The zero-order valence-corrected chi connectivity index (χ0v) is 10.4. The maximum atomic E-state index is 12.0. The molecule has 0 amide bonds. The van der Waals surface area contributed by atoms with Crippen molar-refractivity contribution in [3.63, 3.8) is 0 Å². The number of carbonyl (C=O) groups excluding carboxylic acids is 1. The van der Waals surface area contributed by atoms with Crippen LogP contribution in [0.25, 0.3) is 0 Å². The van der Waals surface area contributed by atoms with Gasteiger partial charge >= 0.3 is 6.61 Å². The molecule has 0 aliphatic carbocycles. The molecule has 0 unspecified atom stereocenters. The number of Topliss-reactive ketones (excluding diaryl/α,β-unsaturated/α-hetero) is 1. The lowest BCUT2D eigenvalue weighted by molar-refractivity contribution is -0.118. The summed E-state index contributed by atoms with van der Waals surface area (Å²) in [6, 6.07) is 2.72. The van der Waals surface area contributed by atoms with Crippen molar-refractivity contribution in [2.24, 2.45) is 0 Å². The van der Waals surface area contributed by atoms with Crippen molar-refractivity contribution < 1.29 is 18.3 Å². The van der Waals surface area contributed by atoms with Gasteiger partial charge in [0.1, 0.15) is 11.5 Å². The molecule has 0 saturated carbocycles. The van der Waals surface area contributed by atoms with Crippen LogP contribution >= 0.6 is 0 Å². The van der Waals surface area contributed by atoms with Crippen molar-refractivity contribution >= 4 is 5.78 Å². The van der Waals surface area contributed by atoms with Gasteiger partial charge in [-0.05, 0) is 12.5 Å². The summed E-state index contributed by atoms with van der Waals surface area (Å²) in [7, 11) is 0. The highest BCUT2D eigenvalue weighted by Gasteiger charge is 2.08. The lowest BCUT2D eigenvalue weighted by atomic mass is 10.1. The van der Waals surface area contributed by atoms with E-state index in [2.05, 4.69) is 16.6 Å². The van der Waals surface area contributed by atoms with Crippen LogP contribution in [-0.4, -0.2) is 17.4 Å². The molecule has 3 nitrogen and oxygen atoms in total. The van der Waals surface area contributed by atoms with Crippen molar-refractivity contribution in [1.82, 2.24) is 4.98 Å².